The third kappa shape index (κ3) is 5.02. The minimum atomic E-state index is -0.622. The van der Waals surface area contributed by atoms with E-state index in [4.69, 9.17) is 10.5 Å². The number of amides is 1. The highest BCUT2D eigenvalue weighted by Gasteiger charge is 2.37. The number of rotatable bonds is 9. The van der Waals surface area contributed by atoms with Gasteiger partial charge < -0.3 is 15.4 Å². The molecule has 3 N–H and O–H groups in total. The molecule has 1 amide bonds. The highest BCUT2D eigenvalue weighted by molar-refractivity contribution is 5.84. The van der Waals surface area contributed by atoms with Crippen LogP contribution in [0.5, 0.6) is 0 Å². The highest BCUT2D eigenvalue weighted by atomic mass is 16.5. The molecule has 0 aromatic heterocycles. The largest absolute Gasteiger partial charge is 0.385 e. The maximum absolute atomic E-state index is 11.6. The third-order valence-corrected chi connectivity index (χ3v) is 3.12. The molecular formula is C12H25N3O2. The summed E-state index contributed by atoms with van der Waals surface area (Å²) < 4.78 is 5.01. The fraction of sp³-hybridized carbons (Fsp3) is 0.917. The van der Waals surface area contributed by atoms with Crippen molar-refractivity contribution in [3.05, 3.63) is 0 Å². The number of nitrogens with two attached hydrogens (primary N) is 1. The van der Waals surface area contributed by atoms with Crippen molar-refractivity contribution in [2.45, 2.75) is 37.8 Å². The van der Waals surface area contributed by atoms with Crippen LogP contribution in [0, 0.1) is 0 Å². The maximum atomic E-state index is 11.6. The number of methoxy groups -OCH3 is 1. The smallest absolute Gasteiger partial charge is 0.238 e. The molecule has 100 valence electrons. The van der Waals surface area contributed by atoms with Crippen LogP contribution in [0.25, 0.3) is 0 Å². The minimum Gasteiger partial charge on any atom is -0.385 e. The van der Waals surface area contributed by atoms with Crippen LogP contribution in [-0.2, 0) is 9.53 Å². The summed E-state index contributed by atoms with van der Waals surface area (Å²) in [6.45, 7) is 4.18. The Morgan fingerprint density at radius 2 is 2.24 bits per heavy atom. The summed E-state index contributed by atoms with van der Waals surface area (Å²) in [4.78, 5) is 13.7. The molecule has 0 aromatic rings. The standard InChI is InChI=1S/C12H25N3O2/c1-12(11(13)16,14-10-5-6-10)9-15(2)7-4-8-17-3/h10,14H,4-9H2,1-3H3,(H2,13,16). The summed E-state index contributed by atoms with van der Waals surface area (Å²) in [6.07, 6.45) is 3.26. The van der Waals surface area contributed by atoms with Gasteiger partial charge in [-0.3, -0.25) is 10.1 Å². The van der Waals surface area contributed by atoms with Crippen LogP contribution in [0.1, 0.15) is 26.2 Å². The lowest BCUT2D eigenvalue weighted by Gasteiger charge is -2.32. The van der Waals surface area contributed by atoms with E-state index in [1.165, 1.54) is 0 Å². The first-order valence-corrected chi connectivity index (χ1v) is 6.23. The van der Waals surface area contributed by atoms with Crippen molar-refractivity contribution in [2.75, 3.05) is 33.9 Å². The molecule has 17 heavy (non-hydrogen) atoms. The Kier molecular flexibility index (Phi) is 5.36. The van der Waals surface area contributed by atoms with Gasteiger partial charge in [-0.25, -0.2) is 0 Å². The van der Waals surface area contributed by atoms with Gasteiger partial charge in [-0.15, -0.1) is 0 Å². The van der Waals surface area contributed by atoms with Crippen LogP contribution in [0.4, 0.5) is 0 Å². The Balaban J connectivity index is 2.38. The zero-order valence-corrected chi connectivity index (χ0v) is 11.2. The molecule has 1 fully saturated rings. The van der Waals surface area contributed by atoms with Crippen LogP contribution >= 0.6 is 0 Å². The number of nitrogens with zero attached hydrogens (tertiary/aromatic N) is 1. The predicted molar refractivity (Wildman–Crippen MR) is 67.7 cm³/mol. The Bertz CT molecular complexity index is 256. The molecule has 0 aliphatic heterocycles. The number of likely N-dealkylation sites (N-methyl/N-ethyl adjacent to an activating group) is 1. The number of carbonyl (C=O) groups excluding carboxylic acids is 1. The Morgan fingerprint density at radius 1 is 1.59 bits per heavy atom. The van der Waals surface area contributed by atoms with Crippen LogP contribution in [0.3, 0.4) is 0 Å². The fourth-order valence-electron chi connectivity index (χ4n) is 1.97. The topological polar surface area (TPSA) is 67.6 Å². The van der Waals surface area contributed by atoms with Gasteiger partial charge in [-0.2, -0.15) is 0 Å². The van der Waals surface area contributed by atoms with Gasteiger partial charge in [0.05, 0.1) is 0 Å². The van der Waals surface area contributed by atoms with Gasteiger partial charge in [0.15, 0.2) is 0 Å². The van der Waals surface area contributed by atoms with Crippen molar-refractivity contribution in [1.82, 2.24) is 10.2 Å². The molecule has 5 nitrogen and oxygen atoms in total. The van der Waals surface area contributed by atoms with E-state index in [0.29, 0.717) is 12.6 Å². The molecule has 0 bridgehead atoms. The number of carbonyl (C=O) groups is 1. The third-order valence-electron chi connectivity index (χ3n) is 3.12. The summed E-state index contributed by atoms with van der Waals surface area (Å²) in [5.41, 5.74) is 4.88. The Hall–Kier alpha value is -0.650. The van der Waals surface area contributed by atoms with Crippen LogP contribution < -0.4 is 11.1 Å². The molecule has 1 rings (SSSR count). The van der Waals surface area contributed by atoms with Crippen LogP contribution in [0.15, 0.2) is 0 Å². The molecule has 1 unspecified atom stereocenters. The lowest BCUT2D eigenvalue weighted by molar-refractivity contribution is -0.124. The van der Waals surface area contributed by atoms with Crippen molar-refractivity contribution in [3.8, 4) is 0 Å². The predicted octanol–water partition coefficient (Wildman–Crippen LogP) is -0.0493. The number of primary amides is 1. The maximum Gasteiger partial charge on any atom is 0.238 e. The Morgan fingerprint density at radius 3 is 2.71 bits per heavy atom. The summed E-state index contributed by atoms with van der Waals surface area (Å²) in [5, 5.41) is 3.34. The first-order chi connectivity index (χ1) is 7.98. The zero-order chi connectivity index (χ0) is 12.9. The van der Waals surface area contributed by atoms with Gasteiger partial charge in [-0.05, 0) is 33.2 Å². The van der Waals surface area contributed by atoms with E-state index in [1.54, 1.807) is 7.11 Å². The normalized spacial score (nSPS) is 19.3. The van der Waals surface area contributed by atoms with Gasteiger partial charge in [0.25, 0.3) is 0 Å². The SMILES string of the molecule is COCCCN(C)CC(C)(NC1CC1)C(N)=O. The molecule has 0 saturated heterocycles. The molecule has 1 aliphatic carbocycles. The molecule has 5 heteroatoms. The summed E-state index contributed by atoms with van der Waals surface area (Å²) in [5.74, 6) is -0.275. The van der Waals surface area contributed by atoms with Crippen molar-refractivity contribution < 1.29 is 9.53 Å². The highest BCUT2D eigenvalue weighted by Crippen LogP contribution is 2.22. The zero-order valence-electron chi connectivity index (χ0n) is 11.2. The average molecular weight is 243 g/mol. The molecule has 1 atom stereocenters. The molecular weight excluding hydrogens is 218 g/mol. The van der Waals surface area contributed by atoms with Crippen LogP contribution in [0.2, 0.25) is 0 Å². The second-order valence-electron chi connectivity index (χ2n) is 5.20. The molecule has 0 heterocycles. The van der Waals surface area contributed by atoms with Crippen molar-refractivity contribution in [1.29, 1.82) is 0 Å². The first kappa shape index (κ1) is 14.4. The van der Waals surface area contributed by atoms with Gasteiger partial charge >= 0.3 is 0 Å². The van der Waals surface area contributed by atoms with E-state index in [-0.39, 0.29) is 5.91 Å². The summed E-state index contributed by atoms with van der Waals surface area (Å²) in [6, 6.07) is 0.472. The monoisotopic (exact) mass is 243 g/mol. The molecule has 0 spiro atoms. The number of hydrogen-bond donors (Lipinski definition) is 2. The van der Waals surface area contributed by atoms with E-state index in [9.17, 15) is 4.79 Å². The quantitative estimate of drug-likeness (QED) is 0.557. The number of nitrogens with one attached hydrogen (secondary N) is 1. The fourth-order valence-corrected chi connectivity index (χ4v) is 1.97. The second-order valence-corrected chi connectivity index (χ2v) is 5.20. The van der Waals surface area contributed by atoms with Gasteiger partial charge in [0, 0.05) is 32.8 Å². The lowest BCUT2D eigenvalue weighted by Crippen LogP contribution is -2.59. The molecule has 0 radical (unpaired) electrons. The lowest BCUT2D eigenvalue weighted by atomic mass is 10.0. The van der Waals surface area contributed by atoms with Gasteiger partial charge in [0.1, 0.15) is 5.54 Å². The molecule has 0 aromatic carbocycles. The summed E-state index contributed by atoms with van der Waals surface area (Å²) in [7, 11) is 3.70. The first-order valence-electron chi connectivity index (χ1n) is 6.23. The Labute approximate surface area is 104 Å². The minimum absolute atomic E-state index is 0.275. The van der Waals surface area contributed by atoms with E-state index in [2.05, 4.69) is 10.2 Å². The van der Waals surface area contributed by atoms with Crippen LogP contribution in [-0.4, -0.2) is 56.2 Å². The van der Waals surface area contributed by atoms with Crippen molar-refractivity contribution in [3.63, 3.8) is 0 Å². The number of ether oxygens (including phenoxy) is 1. The molecule has 1 saturated carbocycles. The van der Waals surface area contributed by atoms with Gasteiger partial charge in [0.2, 0.25) is 5.91 Å². The summed E-state index contributed by atoms with van der Waals surface area (Å²) >= 11 is 0. The van der Waals surface area contributed by atoms with Gasteiger partial charge in [-0.1, -0.05) is 0 Å². The van der Waals surface area contributed by atoms with E-state index < -0.39 is 5.54 Å². The molecule has 1 aliphatic rings. The average Bonchev–Trinajstić information content (AvgIpc) is 3.01. The van der Waals surface area contributed by atoms with Crippen molar-refractivity contribution >= 4 is 5.91 Å². The van der Waals surface area contributed by atoms with E-state index in [1.807, 2.05) is 14.0 Å². The van der Waals surface area contributed by atoms with E-state index >= 15 is 0 Å². The van der Waals surface area contributed by atoms with E-state index in [0.717, 1.165) is 32.4 Å². The van der Waals surface area contributed by atoms with Crippen molar-refractivity contribution in [2.24, 2.45) is 5.73 Å². The second kappa shape index (κ2) is 6.33. The number of hydrogen-bond acceptors (Lipinski definition) is 4.